The molecule has 158 valence electrons. The number of halogens is 1. The van der Waals surface area contributed by atoms with Crippen LogP contribution in [-0.4, -0.2) is 32.1 Å². The highest BCUT2D eigenvalue weighted by Gasteiger charge is 2.24. The van der Waals surface area contributed by atoms with Crippen molar-refractivity contribution in [3.05, 3.63) is 59.9 Å². The van der Waals surface area contributed by atoms with Gasteiger partial charge >= 0.3 is 0 Å². The van der Waals surface area contributed by atoms with Gasteiger partial charge in [-0.25, -0.2) is 9.07 Å². The average Bonchev–Trinajstić information content (AvgIpc) is 3.35. The highest BCUT2D eigenvalue weighted by molar-refractivity contribution is 7.98. The molecular weight excluding hydrogens is 419 g/mol. The largest absolute Gasteiger partial charge is 0.383 e. The second kappa shape index (κ2) is 8.60. The van der Waals surface area contributed by atoms with Crippen molar-refractivity contribution in [1.82, 2.24) is 19.9 Å². The smallest absolute Gasteiger partial charge is 0.264 e. The Balaban J connectivity index is 1.59. The van der Waals surface area contributed by atoms with Crippen molar-refractivity contribution in [2.45, 2.75) is 18.5 Å². The number of para-hydroxylation sites is 1. The molecule has 0 radical (unpaired) electrons. The molecule has 0 unspecified atom stereocenters. The van der Waals surface area contributed by atoms with E-state index in [1.54, 1.807) is 12.1 Å². The maximum atomic E-state index is 13.8. The zero-order valence-corrected chi connectivity index (χ0v) is 17.6. The number of aromatic nitrogens is 4. The summed E-state index contributed by atoms with van der Waals surface area (Å²) >= 11 is 1.33. The molecule has 0 aliphatic rings. The van der Waals surface area contributed by atoms with Crippen molar-refractivity contribution in [2.24, 2.45) is 0 Å². The Kier molecular flexibility index (Phi) is 5.72. The third-order valence-corrected chi connectivity index (χ3v) is 5.22. The molecule has 8 nitrogen and oxygen atoms in total. The molecule has 2 aromatic heterocycles. The van der Waals surface area contributed by atoms with Crippen molar-refractivity contribution < 1.29 is 13.7 Å². The number of anilines is 2. The van der Waals surface area contributed by atoms with Crippen molar-refractivity contribution in [3.63, 3.8) is 0 Å². The molecule has 0 fully saturated rings. The van der Waals surface area contributed by atoms with Crippen LogP contribution in [0.3, 0.4) is 0 Å². The molecule has 10 heteroatoms. The minimum absolute atomic E-state index is 0.0863. The van der Waals surface area contributed by atoms with Crippen molar-refractivity contribution >= 4 is 29.2 Å². The molecule has 0 spiro atoms. The number of nitrogen functional groups attached to an aromatic ring is 1. The molecular formula is C21H19FN6O2S. The highest BCUT2D eigenvalue weighted by Crippen LogP contribution is 2.34. The summed E-state index contributed by atoms with van der Waals surface area (Å²) in [4.78, 5) is 16.8. The van der Waals surface area contributed by atoms with E-state index in [4.69, 9.17) is 10.3 Å². The molecule has 1 amide bonds. The summed E-state index contributed by atoms with van der Waals surface area (Å²) in [7, 11) is 0. The zero-order chi connectivity index (χ0) is 22.0. The van der Waals surface area contributed by atoms with Gasteiger partial charge in [-0.3, -0.25) is 4.79 Å². The van der Waals surface area contributed by atoms with Crippen LogP contribution < -0.4 is 11.1 Å². The van der Waals surface area contributed by atoms with Crippen LogP contribution in [0.15, 0.2) is 58.1 Å². The van der Waals surface area contributed by atoms with Gasteiger partial charge in [-0.2, -0.15) is 10.1 Å². The molecule has 2 heterocycles. The molecule has 0 atom stereocenters. The Hall–Kier alpha value is -3.66. The van der Waals surface area contributed by atoms with Gasteiger partial charge in [0.05, 0.1) is 5.69 Å². The lowest BCUT2D eigenvalue weighted by molar-refractivity contribution is -0.116. The lowest BCUT2D eigenvalue weighted by atomic mass is 10.1. The van der Waals surface area contributed by atoms with Crippen LogP contribution in [-0.2, 0) is 11.3 Å². The number of rotatable bonds is 6. The van der Waals surface area contributed by atoms with E-state index in [1.807, 2.05) is 37.4 Å². The monoisotopic (exact) mass is 438 g/mol. The molecule has 0 saturated carbocycles. The van der Waals surface area contributed by atoms with Gasteiger partial charge in [0.25, 0.3) is 5.89 Å². The second-order valence-electron chi connectivity index (χ2n) is 6.74. The van der Waals surface area contributed by atoms with Crippen molar-refractivity contribution in [3.8, 4) is 22.8 Å². The van der Waals surface area contributed by atoms with Crippen LogP contribution in [0.5, 0.6) is 0 Å². The SMILES string of the molecule is CSc1nn(CC(=O)Nc2ccccc2F)c(N)c1-c1nc(-c2ccc(C)cc2)no1. The van der Waals surface area contributed by atoms with E-state index in [2.05, 4.69) is 20.6 Å². The summed E-state index contributed by atoms with van der Waals surface area (Å²) in [6.45, 7) is 1.79. The Labute approximate surface area is 181 Å². The molecule has 3 N–H and O–H groups in total. The van der Waals surface area contributed by atoms with E-state index in [1.165, 1.54) is 28.6 Å². The number of nitrogens with zero attached hydrogens (tertiary/aromatic N) is 4. The quantitative estimate of drug-likeness (QED) is 0.438. The summed E-state index contributed by atoms with van der Waals surface area (Å²) < 4.78 is 20.5. The van der Waals surface area contributed by atoms with Crippen LogP contribution in [0.4, 0.5) is 15.9 Å². The summed E-state index contributed by atoms with van der Waals surface area (Å²) in [5.74, 6) is -0.162. The Morgan fingerprint density at radius 1 is 1.23 bits per heavy atom. The van der Waals surface area contributed by atoms with Gasteiger partial charge in [-0.1, -0.05) is 47.1 Å². The highest BCUT2D eigenvalue weighted by atomic mass is 32.2. The standard InChI is InChI=1S/C21H19FN6O2S/c1-12-7-9-13(10-8-12)19-25-20(30-27-19)17-18(23)28(26-21(17)31-2)11-16(29)24-15-6-4-3-5-14(15)22/h3-10H,11,23H2,1-2H3,(H,24,29). The predicted octanol–water partition coefficient (Wildman–Crippen LogP) is 3.99. The first-order chi connectivity index (χ1) is 15.0. The average molecular weight is 438 g/mol. The number of carbonyl (C=O) groups is 1. The van der Waals surface area contributed by atoms with E-state index in [-0.39, 0.29) is 23.9 Å². The second-order valence-corrected chi connectivity index (χ2v) is 7.54. The lowest BCUT2D eigenvalue weighted by Gasteiger charge is -2.07. The van der Waals surface area contributed by atoms with Crippen LogP contribution in [0.2, 0.25) is 0 Å². The topological polar surface area (TPSA) is 112 Å². The zero-order valence-electron chi connectivity index (χ0n) is 16.8. The number of nitrogens with two attached hydrogens (primary N) is 1. The minimum Gasteiger partial charge on any atom is -0.383 e. The maximum absolute atomic E-state index is 13.8. The van der Waals surface area contributed by atoms with Crippen molar-refractivity contribution in [2.75, 3.05) is 17.3 Å². The number of benzene rings is 2. The van der Waals surface area contributed by atoms with Gasteiger partial charge in [-0.05, 0) is 25.3 Å². The van der Waals surface area contributed by atoms with E-state index < -0.39 is 11.7 Å². The third kappa shape index (κ3) is 4.29. The number of carbonyl (C=O) groups excluding carboxylic acids is 1. The number of amides is 1. The number of aryl methyl sites for hydroxylation is 1. The first kappa shape index (κ1) is 20.6. The van der Waals surface area contributed by atoms with Crippen LogP contribution in [0, 0.1) is 12.7 Å². The van der Waals surface area contributed by atoms with Gasteiger partial charge < -0.3 is 15.6 Å². The summed E-state index contributed by atoms with van der Waals surface area (Å²) in [5, 5.41) is 11.5. The summed E-state index contributed by atoms with van der Waals surface area (Å²) in [6, 6.07) is 13.6. The van der Waals surface area contributed by atoms with Crippen LogP contribution >= 0.6 is 11.8 Å². The molecule has 4 rings (SSSR count). The fourth-order valence-corrected chi connectivity index (χ4v) is 3.53. The first-order valence-electron chi connectivity index (χ1n) is 9.32. The molecule has 2 aromatic carbocycles. The Morgan fingerprint density at radius 2 is 1.97 bits per heavy atom. The molecule has 0 bridgehead atoms. The molecule has 4 aromatic rings. The van der Waals surface area contributed by atoms with E-state index in [0.29, 0.717) is 16.4 Å². The number of nitrogens with one attached hydrogen (secondary N) is 1. The predicted molar refractivity (Wildman–Crippen MR) is 117 cm³/mol. The van der Waals surface area contributed by atoms with Gasteiger partial charge in [0.15, 0.2) is 0 Å². The van der Waals surface area contributed by atoms with E-state index in [0.717, 1.165) is 11.1 Å². The summed E-state index contributed by atoms with van der Waals surface area (Å²) in [5.41, 5.74) is 8.73. The third-order valence-electron chi connectivity index (χ3n) is 4.54. The van der Waals surface area contributed by atoms with Crippen molar-refractivity contribution in [1.29, 1.82) is 0 Å². The Morgan fingerprint density at radius 3 is 2.68 bits per heavy atom. The summed E-state index contributed by atoms with van der Waals surface area (Å²) in [6.07, 6.45) is 1.83. The number of hydrogen-bond acceptors (Lipinski definition) is 7. The molecule has 0 aliphatic carbocycles. The Bertz CT molecular complexity index is 1240. The van der Waals surface area contributed by atoms with Crippen LogP contribution in [0.1, 0.15) is 5.56 Å². The minimum atomic E-state index is -0.524. The van der Waals surface area contributed by atoms with E-state index >= 15 is 0 Å². The normalized spacial score (nSPS) is 10.9. The lowest BCUT2D eigenvalue weighted by Crippen LogP contribution is -2.21. The molecule has 31 heavy (non-hydrogen) atoms. The van der Waals surface area contributed by atoms with Gasteiger partial charge in [0, 0.05) is 5.56 Å². The molecule has 0 saturated heterocycles. The van der Waals surface area contributed by atoms with E-state index in [9.17, 15) is 9.18 Å². The molecule has 0 aliphatic heterocycles. The number of hydrogen-bond donors (Lipinski definition) is 2. The van der Waals surface area contributed by atoms with Crippen LogP contribution in [0.25, 0.3) is 22.8 Å². The first-order valence-corrected chi connectivity index (χ1v) is 10.5. The fourth-order valence-electron chi connectivity index (χ4n) is 2.95. The fraction of sp³-hybridized carbons (Fsp3) is 0.143. The van der Waals surface area contributed by atoms with Gasteiger partial charge in [0.1, 0.15) is 28.8 Å². The number of thioether (sulfide) groups is 1. The maximum Gasteiger partial charge on any atom is 0.264 e. The van der Waals surface area contributed by atoms with Gasteiger partial charge in [-0.15, -0.1) is 11.8 Å². The van der Waals surface area contributed by atoms with Gasteiger partial charge in [0.2, 0.25) is 11.7 Å².